The van der Waals surface area contributed by atoms with Crippen LogP contribution in [0.4, 0.5) is 15.9 Å². The van der Waals surface area contributed by atoms with E-state index in [2.05, 4.69) is 15.6 Å². The standard InChI is InChI=1S/C24H21ClFN5O3/c1-34-19-12-17(26)11-18(24(33)29-20-8-7-16(25)13-28-20)21(19)30-23(32)15-5-3-14(4-6-15)22(27)31-9-2-10-31/h3-8,11-13,27H,2,9-10H2,1H3,(H,30,32)(H,28,29,33). The van der Waals surface area contributed by atoms with Crippen LogP contribution in [-0.2, 0) is 0 Å². The zero-order valence-corrected chi connectivity index (χ0v) is 18.9. The molecule has 0 radical (unpaired) electrons. The molecule has 0 unspecified atom stereocenters. The Hall–Kier alpha value is -3.98. The summed E-state index contributed by atoms with van der Waals surface area (Å²) in [5, 5.41) is 13.8. The number of nitrogens with zero attached hydrogens (tertiary/aromatic N) is 2. The molecular formula is C24H21ClFN5O3. The van der Waals surface area contributed by atoms with Gasteiger partial charge in [-0.2, -0.15) is 0 Å². The number of anilines is 2. The highest BCUT2D eigenvalue weighted by Gasteiger charge is 2.22. The number of likely N-dealkylation sites (tertiary alicyclic amines) is 1. The van der Waals surface area contributed by atoms with Gasteiger partial charge in [-0.1, -0.05) is 23.7 Å². The van der Waals surface area contributed by atoms with E-state index in [0.29, 0.717) is 22.0 Å². The van der Waals surface area contributed by atoms with E-state index in [1.165, 1.54) is 19.4 Å². The summed E-state index contributed by atoms with van der Waals surface area (Å²) in [6.45, 7) is 1.70. The highest BCUT2D eigenvalue weighted by molar-refractivity contribution is 6.30. The van der Waals surface area contributed by atoms with Crippen molar-refractivity contribution in [3.8, 4) is 5.75 Å². The van der Waals surface area contributed by atoms with E-state index in [-0.39, 0.29) is 22.8 Å². The number of benzene rings is 2. The SMILES string of the molecule is COc1cc(F)cc(C(=O)Nc2ccc(Cl)cn2)c1NC(=O)c1ccc(C(=N)N2CCC2)cc1. The molecular weight excluding hydrogens is 461 g/mol. The average molecular weight is 482 g/mol. The Bertz CT molecular complexity index is 1240. The number of hydrogen-bond donors (Lipinski definition) is 3. The molecule has 1 aromatic heterocycles. The van der Waals surface area contributed by atoms with Crippen molar-refractivity contribution in [1.82, 2.24) is 9.88 Å². The molecule has 0 spiro atoms. The number of nitrogens with one attached hydrogen (secondary N) is 3. The molecule has 0 aliphatic carbocycles. The van der Waals surface area contributed by atoms with Gasteiger partial charge in [-0.05, 0) is 36.8 Å². The molecule has 2 amide bonds. The number of aromatic nitrogens is 1. The van der Waals surface area contributed by atoms with Crippen LogP contribution in [0.15, 0.2) is 54.7 Å². The Balaban J connectivity index is 1.57. The molecule has 3 aromatic rings. The number of pyridine rings is 1. The molecule has 8 nitrogen and oxygen atoms in total. The fourth-order valence-corrected chi connectivity index (χ4v) is 3.48. The maximum absolute atomic E-state index is 14.2. The van der Waals surface area contributed by atoms with Crippen LogP contribution in [0.5, 0.6) is 5.75 Å². The Morgan fingerprint density at radius 3 is 2.35 bits per heavy atom. The molecule has 1 fully saturated rings. The zero-order valence-electron chi connectivity index (χ0n) is 18.2. The minimum absolute atomic E-state index is 0.0118. The van der Waals surface area contributed by atoms with Crippen LogP contribution in [0.25, 0.3) is 0 Å². The molecule has 174 valence electrons. The van der Waals surface area contributed by atoms with E-state index >= 15 is 0 Å². The quantitative estimate of drug-likeness (QED) is 0.357. The second-order valence-corrected chi connectivity index (χ2v) is 8.00. The first-order valence-electron chi connectivity index (χ1n) is 10.4. The van der Waals surface area contributed by atoms with Gasteiger partial charge in [-0.15, -0.1) is 0 Å². The number of amidine groups is 1. The second kappa shape index (κ2) is 9.88. The van der Waals surface area contributed by atoms with Crippen LogP contribution in [-0.4, -0.2) is 47.7 Å². The molecule has 0 atom stereocenters. The number of ether oxygens (including phenoxy) is 1. The van der Waals surface area contributed by atoms with Gasteiger partial charge in [0.2, 0.25) is 0 Å². The lowest BCUT2D eigenvalue weighted by molar-refractivity contribution is 0.102. The van der Waals surface area contributed by atoms with Gasteiger partial charge in [0.1, 0.15) is 23.2 Å². The molecule has 1 saturated heterocycles. The van der Waals surface area contributed by atoms with Crippen LogP contribution in [0.1, 0.15) is 32.7 Å². The van der Waals surface area contributed by atoms with Gasteiger partial charge in [0.15, 0.2) is 0 Å². The number of hydrogen-bond acceptors (Lipinski definition) is 5. The molecule has 2 heterocycles. The van der Waals surface area contributed by atoms with E-state index in [4.69, 9.17) is 21.7 Å². The normalized spacial score (nSPS) is 12.5. The van der Waals surface area contributed by atoms with Crippen LogP contribution < -0.4 is 15.4 Å². The van der Waals surface area contributed by atoms with Crippen molar-refractivity contribution < 1.29 is 18.7 Å². The van der Waals surface area contributed by atoms with E-state index in [1.807, 2.05) is 4.90 Å². The molecule has 2 aromatic carbocycles. The highest BCUT2D eigenvalue weighted by atomic mass is 35.5. The third kappa shape index (κ3) is 4.99. The first kappa shape index (κ1) is 23.2. The first-order chi connectivity index (χ1) is 16.4. The van der Waals surface area contributed by atoms with Crippen LogP contribution in [0, 0.1) is 11.2 Å². The zero-order chi connectivity index (χ0) is 24.2. The summed E-state index contributed by atoms with van der Waals surface area (Å²) in [4.78, 5) is 31.8. The maximum atomic E-state index is 14.2. The van der Waals surface area contributed by atoms with Crippen molar-refractivity contribution in [3.05, 3.63) is 82.3 Å². The van der Waals surface area contributed by atoms with Crippen molar-refractivity contribution in [1.29, 1.82) is 5.41 Å². The van der Waals surface area contributed by atoms with Crippen molar-refractivity contribution in [2.75, 3.05) is 30.8 Å². The van der Waals surface area contributed by atoms with Gasteiger partial charge in [-0.3, -0.25) is 15.0 Å². The lowest BCUT2D eigenvalue weighted by Crippen LogP contribution is -2.42. The summed E-state index contributed by atoms with van der Waals surface area (Å²) in [5.74, 6) is -1.33. The van der Waals surface area contributed by atoms with Gasteiger partial charge >= 0.3 is 0 Å². The van der Waals surface area contributed by atoms with Gasteiger partial charge in [0.25, 0.3) is 11.8 Å². The average Bonchev–Trinajstić information content (AvgIpc) is 2.80. The number of methoxy groups -OCH3 is 1. The summed E-state index contributed by atoms with van der Waals surface area (Å²) in [7, 11) is 1.31. The maximum Gasteiger partial charge on any atom is 0.259 e. The minimum atomic E-state index is -0.710. The van der Waals surface area contributed by atoms with Crippen LogP contribution >= 0.6 is 11.6 Å². The van der Waals surface area contributed by atoms with Gasteiger partial charge in [0.05, 0.1) is 23.4 Å². The van der Waals surface area contributed by atoms with Crippen LogP contribution in [0.3, 0.4) is 0 Å². The Kier molecular flexibility index (Phi) is 6.74. The number of halogens is 2. The predicted molar refractivity (Wildman–Crippen MR) is 128 cm³/mol. The number of rotatable bonds is 6. The molecule has 1 aliphatic rings. The molecule has 1 aliphatic heterocycles. The van der Waals surface area contributed by atoms with Gasteiger partial charge in [0, 0.05) is 36.5 Å². The third-order valence-electron chi connectivity index (χ3n) is 5.33. The summed E-state index contributed by atoms with van der Waals surface area (Å²) in [6, 6.07) is 11.7. The number of carbonyl (C=O) groups excluding carboxylic acids is 2. The van der Waals surface area contributed by atoms with E-state index < -0.39 is 17.6 Å². The summed E-state index contributed by atoms with van der Waals surface area (Å²) in [6.07, 6.45) is 2.42. The lowest BCUT2D eigenvalue weighted by Gasteiger charge is -2.33. The van der Waals surface area contributed by atoms with Crippen molar-refractivity contribution >= 4 is 40.8 Å². The Morgan fingerprint density at radius 1 is 1.06 bits per heavy atom. The summed E-state index contributed by atoms with van der Waals surface area (Å²) >= 11 is 5.82. The van der Waals surface area contributed by atoms with Crippen molar-refractivity contribution in [2.45, 2.75) is 6.42 Å². The first-order valence-corrected chi connectivity index (χ1v) is 10.8. The smallest absolute Gasteiger partial charge is 0.259 e. The fourth-order valence-electron chi connectivity index (χ4n) is 3.37. The molecule has 3 N–H and O–H groups in total. The Morgan fingerprint density at radius 2 is 1.76 bits per heavy atom. The monoisotopic (exact) mass is 481 g/mol. The lowest BCUT2D eigenvalue weighted by atomic mass is 10.1. The second-order valence-electron chi connectivity index (χ2n) is 7.57. The minimum Gasteiger partial charge on any atom is -0.494 e. The third-order valence-corrected chi connectivity index (χ3v) is 5.56. The molecule has 10 heteroatoms. The van der Waals surface area contributed by atoms with Gasteiger partial charge < -0.3 is 20.3 Å². The predicted octanol–water partition coefficient (Wildman–Crippen LogP) is 4.42. The fraction of sp³-hybridized carbons (Fsp3) is 0.167. The summed E-state index contributed by atoms with van der Waals surface area (Å²) in [5.41, 5.74) is 0.874. The van der Waals surface area contributed by atoms with Crippen molar-refractivity contribution in [2.24, 2.45) is 0 Å². The molecule has 0 bridgehead atoms. The number of carbonyl (C=O) groups is 2. The van der Waals surface area contributed by atoms with E-state index in [0.717, 1.165) is 31.6 Å². The largest absolute Gasteiger partial charge is 0.494 e. The van der Waals surface area contributed by atoms with Gasteiger partial charge in [-0.25, -0.2) is 9.37 Å². The molecule has 4 rings (SSSR count). The number of amides is 2. The van der Waals surface area contributed by atoms with Crippen LogP contribution in [0.2, 0.25) is 5.02 Å². The van der Waals surface area contributed by atoms with Crippen molar-refractivity contribution in [3.63, 3.8) is 0 Å². The molecule has 0 saturated carbocycles. The topological polar surface area (TPSA) is 107 Å². The molecule has 34 heavy (non-hydrogen) atoms. The Labute approximate surface area is 200 Å². The van der Waals surface area contributed by atoms with E-state index in [9.17, 15) is 14.0 Å². The highest BCUT2D eigenvalue weighted by Crippen LogP contribution is 2.31. The summed E-state index contributed by atoms with van der Waals surface area (Å²) < 4.78 is 19.4. The van der Waals surface area contributed by atoms with E-state index in [1.54, 1.807) is 30.3 Å².